The van der Waals surface area contributed by atoms with Crippen LogP contribution in [0.3, 0.4) is 0 Å². The first-order valence-electron chi connectivity index (χ1n) is 5.60. The molecular weight excluding hydrogens is 262 g/mol. The molecule has 0 unspecified atom stereocenters. The molecule has 0 aliphatic rings. The second-order valence-electron chi connectivity index (χ2n) is 4.09. The van der Waals surface area contributed by atoms with Crippen LogP contribution in [0.4, 0.5) is 0 Å². The molecule has 6 heteroatoms. The molecule has 2 rings (SSSR count). The monoisotopic (exact) mass is 275 g/mol. The number of pyridine rings is 1. The Labute approximate surface area is 116 Å². The largest absolute Gasteiger partial charge is 0.472 e. The number of thiocarbonyl (C=S) groups is 1. The Morgan fingerprint density at radius 2 is 2.26 bits per heavy atom. The van der Waals surface area contributed by atoms with E-state index >= 15 is 0 Å². The highest BCUT2D eigenvalue weighted by molar-refractivity contribution is 7.80. The summed E-state index contributed by atoms with van der Waals surface area (Å²) < 4.78 is 4.96. The summed E-state index contributed by atoms with van der Waals surface area (Å²) in [6.07, 6.45) is 4.68. The van der Waals surface area contributed by atoms with Crippen LogP contribution in [0, 0.1) is 0 Å². The summed E-state index contributed by atoms with van der Waals surface area (Å²) in [4.78, 5) is 18.0. The van der Waals surface area contributed by atoms with Gasteiger partial charge in [-0.2, -0.15) is 0 Å². The molecule has 2 aromatic rings. The van der Waals surface area contributed by atoms with Crippen LogP contribution in [0.1, 0.15) is 21.6 Å². The summed E-state index contributed by atoms with van der Waals surface area (Å²) in [6, 6.07) is 5.12. The van der Waals surface area contributed by atoms with E-state index in [9.17, 15) is 4.79 Å². The number of amides is 1. The second-order valence-corrected chi connectivity index (χ2v) is 4.53. The zero-order chi connectivity index (χ0) is 13.8. The maximum Gasteiger partial charge on any atom is 0.272 e. The van der Waals surface area contributed by atoms with Gasteiger partial charge in [0.05, 0.1) is 12.5 Å². The Morgan fingerprint density at radius 1 is 1.47 bits per heavy atom. The molecular formula is C13H13N3O2S. The van der Waals surface area contributed by atoms with Crippen LogP contribution in [0.5, 0.6) is 0 Å². The number of rotatable bonds is 4. The Morgan fingerprint density at radius 3 is 2.79 bits per heavy atom. The molecule has 0 radical (unpaired) electrons. The van der Waals surface area contributed by atoms with E-state index in [1.165, 1.54) is 6.20 Å². The summed E-state index contributed by atoms with van der Waals surface area (Å²) in [5.41, 5.74) is 7.40. The smallest absolute Gasteiger partial charge is 0.272 e. The van der Waals surface area contributed by atoms with Crippen molar-refractivity contribution in [1.29, 1.82) is 0 Å². The number of hydrogen-bond donors (Lipinski definition) is 1. The number of carbonyl (C=O) groups is 1. The standard InChI is InChI=1S/C13H13N3O2S/c1-16(7-9-4-5-18-8-9)13(17)11-3-2-10(6-15-11)12(14)19/h2-6,8H,7H2,1H3,(H2,14,19). The first kappa shape index (κ1) is 13.2. The molecule has 2 heterocycles. The predicted octanol–water partition coefficient (Wildman–Crippen LogP) is 1.58. The van der Waals surface area contributed by atoms with E-state index in [2.05, 4.69) is 4.98 Å². The van der Waals surface area contributed by atoms with Crippen LogP contribution in [0.15, 0.2) is 41.3 Å². The molecule has 5 nitrogen and oxygen atoms in total. The Kier molecular flexibility index (Phi) is 3.91. The molecule has 19 heavy (non-hydrogen) atoms. The van der Waals surface area contributed by atoms with Gasteiger partial charge < -0.3 is 15.1 Å². The minimum atomic E-state index is -0.171. The fourth-order valence-corrected chi connectivity index (χ4v) is 1.71. The molecule has 0 atom stereocenters. The van der Waals surface area contributed by atoms with Gasteiger partial charge in [0.15, 0.2) is 0 Å². The number of furan rings is 1. The van der Waals surface area contributed by atoms with E-state index in [-0.39, 0.29) is 10.9 Å². The molecule has 2 aromatic heterocycles. The van der Waals surface area contributed by atoms with Crippen LogP contribution in [-0.4, -0.2) is 27.8 Å². The van der Waals surface area contributed by atoms with Crippen LogP contribution >= 0.6 is 12.2 Å². The molecule has 98 valence electrons. The van der Waals surface area contributed by atoms with Gasteiger partial charge in [0, 0.05) is 30.9 Å². The summed E-state index contributed by atoms with van der Waals surface area (Å²) in [6.45, 7) is 0.466. The van der Waals surface area contributed by atoms with Crippen molar-refractivity contribution in [2.75, 3.05) is 7.05 Å². The topological polar surface area (TPSA) is 72.4 Å². The highest BCUT2D eigenvalue weighted by atomic mass is 32.1. The fourth-order valence-electron chi connectivity index (χ4n) is 1.59. The third-order valence-corrected chi connectivity index (χ3v) is 2.85. The Bertz CT molecular complexity index is 578. The molecule has 0 aromatic carbocycles. The molecule has 0 spiro atoms. The van der Waals surface area contributed by atoms with Crippen molar-refractivity contribution in [3.05, 3.63) is 53.7 Å². The van der Waals surface area contributed by atoms with E-state index in [4.69, 9.17) is 22.4 Å². The number of nitrogens with zero attached hydrogens (tertiary/aromatic N) is 2. The van der Waals surface area contributed by atoms with Gasteiger partial charge in [-0.15, -0.1) is 0 Å². The van der Waals surface area contributed by atoms with Crippen molar-refractivity contribution in [3.8, 4) is 0 Å². The Balaban J connectivity index is 2.08. The van der Waals surface area contributed by atoms with Gasteiger partial charge >= 0.3 is 0 Å². The third-order valence-electron chi connectivity index (χ3n) is 2.61. The zero-order valence-electron chi connectivity index (χ0n) is 10.4. The molecule has 0 bridgehead atoms. The maximum absolute atomic E-state index is 12.1. The molecule has 2 N–H and O–H groups in total. The van der Waals surface area contributed by atoms with Crippen molar-refractivity contribution in [2.45, 2.75) is 6.54 Å². The van der Waals surface area contributed by atoms with Crippen molar-refractivity contribution < 1.29 is 9.21 Å². The lowest BCUT2D eigenvalue weighted by Gasteiger charge is -2.15. The van der Waals surface area contributed by atoms with Gasteiger partial charge in [-0.3, -0.25) is 9.78 Å². The summed E-state index contributed by atoms with van der Waals surface area (Å²) in [5.74, 6) is -0.171. The van der Waals surface area contributed by atoms with Crippen molar-refractivity contribution in [2.24, 2.45) is 5.73 Å². The first-order chi connectivity index (χ1) is 9.08. The van der Waals surface area contributed by atoms with E-state index in [0.717, 1.165) is 5.56 Å². The molecule has 0 saturated heterocycles. The fraction of sp³-hybridized carbons (Fsp3) is 0.154. The summed E-state index contributed by atoms with van der Waals surface area (Å²) in [5, 5.41) is 0. The predicted molar refractivity (Wildman–Crippen MR) is 74.6 cm³/mol. The highest BCUT2D eigenvalue weighted by Gasteiger charge is 2.14. The van der Waals surface area contributed by atoms with Gasteiger partial charge in [0.2, 0.25) is 0 Å². The second kappa shape index (κ2) is 5.62. The lowest BCUT2D eigenvalue weighted by atomic mass is 10.2. The normalized spacial score (nSPS) is 10.2. The average molecular weight is 275 g/mol. The number of hydrogen-bond acceptors (Lipinski definition) is 4. The molecule has 0 aliphatic carbocycles. The Hall–Kier alpha value is -2.21. The minimum absolute atomic E-state index is 0.171. The van der Waals surface area contributed by atoms with Gasteiger partial charge in [0.25, 0.3) is 5.91 Å². The first-order valence-corrected chi connectivity index (χ1v) is 6.01. The van der Waals surface area contributed by atoms with E-state index < -0.39 is 0 Å². The molecule has 0 fully saturated rings. The minimum Gasteiger partial charge on any atom is -0.472 e. The number of carbonyl (C=O) groups excluding carboxylic acids is 1. The SMILES string of the molecule is CN(Cc1ccoc1)C(=O)c1ccc(C(N)=S)cn1. The highest BCUT2D eigenvalue weighted by Crippen LogP contribution is 2.08. The van der Waals surface area contributed by atoms with Crippen LogP contribution in [0.2, 0.25) is 0 Å². The van der Waals surface area contributed by atoms with E-state index in [1.54, 1.807) is 36.6 Å². The van der Waals surface area contributed by atoms with Crippen LogP contribution in [-0.2, 0) is 6.54 Å². The summed E-state index contributed by atoms with van der Waals surface area (Å²) in [7, 11) is 1.71. The van der Waals surface area contributed by atoms with Gasteiger partial charge in [-0.05, 0) is 18.2 Å². The number of aromatic nitrogens is 1. The van der Waals surface area contributed by atoms with Crippen molar-refractivity contribution >= 4 is 23.1 Å². The van der Waals surface area contributed by atoms with Gasteiger partial charge in [-0.1, -0.05) is 12.2 Å². The van der Waals surface area contributed by atoms with E-state index in [0.29, 0.717) is 17.8 Å². The lowest BCUT2D eigenvalue weighted by Crippen LogP contribution is -2.27. The molecule has 0 aliphatic heterocycles. The molecule has 0 saturated carbocycles. The van der Waals surface area contributed by atoms with Gasteiger partial charge in [0.1, 0.15) is 10.7 Å². The maximum atomic E-state index is 12.1. The summed E-state index contributed by atoms with van der Waals surface area (Å²) >= 11 is 4.83. The van der Waals surface area contributed by atoms with Crippen LogP contribution < -0.4 is 5.73 Å². The van der Waals surface area contributed by atoms with Crippen molar-refractivity contribution in [3.63, 3.8) is 0 Å². The number of nitrogens with two attached hydrogens (primary N) is 1. The lowest BCUT2D eigenvalue weighted by molar-refractivity contribution is 0.0779. The third kappa shape index (κ3) is 3.17. The van der Waals surface area contributed by atoms with Gasteiger partial charge in [-0.25, -0.2) is 0 Å². The average Bonchev–Trinajstić information content (AvgIpc) is 2.90. The van der Waals surface area contributed by atoms with E-state index in [1.807, 2.05) is 6.07 Å². The zero-order valence-corrected chi connectivity index (χ0v) is 11.2. The van der Waals surface area contributed by atoms with Crippen molar-refractivity contribution in [1.82, 2.24) is 9.88 Å². The molecule has 1 amide bonds. The van der Waals surface area contributed by atoms with Crippen LogP contribution in [0.25, 0.3) is 0 Å². The quantitative estimate of drug-likeness (QED) is 0.858.